The van der Waals surface area contributed by atoms with Crippen molar-refractivity contribution in [2.24, 2.45) is 0 Å². The summed E-state index contributed by atoms with van der Waals surface area (Å²) in [7, 11) is 1.67. The van der Waals surface area contributed by atoms with Crippen LogP contribution in [0, 0.1) is 0 Å². The fraction of sp³-hybridized carbons (Fsp3) is 0.423. The summed E-state index contributed by atoms with van der Waals surface area (Å²) in [5.74, 6) is -2.76. The molecule has 2 heterocycles. The fourth-order valence-electron chi connectivity index (χ4n) is 4.31. The molecule has 38 heavy (non-hydrogen) atoms. The average molecular weight is 537 g/mol. The number of methoxy groups -OCH3 is 1. The number of H-pyrrole nitrogens is 1. The highest BCUT2D eigenvalue weighted by Crippen LogP contribution is 2.32. The first kappa shape index (κ1) is 29.1. The number of aromatic nitrogens is 2. The van der Waals surface area contributed by atoms with Crippen LogP contribution in [-0.4, -0.2) is 81.5 Å². The number of alkyl halides is 3. The Balaban J connectivity index is 0.000000505. The monoisotopic (exact) mass is 536 g/mol. The molecule has 3 aromatic rings. The third kappa shape index (κ3) is 7.30. The summed E-state index contributed by atoms with van der Waals surface area (Å²) >= 11 is 0. The van der Waals surface area contributed by atoms with E-state index in [0.717, 1.165) is 49.4 Å². The van der Waals surface area contributed by atoms with Crippen LogP contribution in [0.2, 0.25) is 0 Å². The predicted octanol–water partition coefficient (Wildman–Crippen LogP) is 3.60. The number of carbonyl (C=O) groups is 1. The molecule has 3 N–H and O–H groups in total. The number of nitrogens with zero attached hydrogens (tertiary/aromatic N) is 3. The average Bonchev–Trinajstić information content (AvgIpc) is 2.85. The number of hydrogen-bond donors (Lipinski definition) is 3. The molecule has 1 aromatic heterocycles. The van der Waals surface area contributed by atoms with Crippen LogP contribution >= 0.6 is 0 Å². The molecule has 0 atom stereocenters. The minimum absolute atomic E-state index is 0.00549. The number of carboxylic acid groups (broad SMARTS) is 1. The number of phenols is 1. The van der Waals surface area contributed by atoms with Crippen LogP contribution in [0.4, 0.5) is 13.2 Å². The first-order chi connectivity index (χ1) is 17.9. The standard InChI is InChI=1S/C24H30N4O3.C2HF3O2/c1-16(2)28-8-6-27(7-9-28)13-17-4-5-20(19(10-17)14-31-3)18-11-21-23(22(29)12-18)25-15-26-24(21)30;3-2(4,5)1(6)7/h4-5,10-12,15-16,29H,6-9,13-14H2,1-3H3,(H,25,26,30);(H,6,7). The largest absolute Gasteiger partial charge is 0.506 e. The van der Waals surface area contributed by atoms with Gasteiger partial charge in [-0.25, -0.2) is 9.78 Å². The predicted molar refractivity (Wildman–Crippen MR) is 136 cm³/mol. The lowest BCUT2D eigenvalue weighted by Gasteiger charge is -2.37. The van der Waals surface area contributed by atoms with E-state index in [4.69, 9.17) is 14.6 Å². The molecule has 1 fully saturated rings. The first-order valence-electron chi connectivity index (χ1n) is 12.0. The number of aliphatic carboxylic acids is 1. The van der Waals surface area contributed by atoms with E-state index in [-0.39, 0.29) is 11.3 Å². The summed E-state index contributed by atoms with van der Waals surface area (Å²) < 4.78 is 37.2. The molecule has 1 saturated heterocycles. The summed E-state index contributed by atoms with van der Waals surface area (Å²) in [6.07, 6.45) is -3.78. The SMILES string of the molecule is COCc1cc(CN2CCN(C(C)C)CC2)ccc1-c1cc(O)c2nc[nH]c(=O)c2c1.O=C(O)C(F)(F)F. The van der Waals surface area contributed by atoms with Gasteiger partial charge in [0.15, 0.2) is 0 Å². The van der Waals surface area contributed by atoms with Gasteiger partial charge >= 0.3 is 12.1 Å². The lowest BCUT2D eigenvalue weighted by molar-refractivity contribution is -0.192. The van der Waals surface area contributed by atoms with Crippen molar-refractivity contribution in [2.75, 3.05) is 33.3 Å². The third-order valence-electron chi connectivity index (χ3n) is 6.29. The number of fused-ring (bicyclic) bond motifs is 1. The van der Waals surface area contributed by atoms with Gasteiger partial charge in [-0.1, -0.05) is 18.2 Å². The number of aromatic amines is 1. The van der Waals surface area contributed by atoms with Gasteiger partial charge in [-0.05, 0) is 48.2 Å². The van der Waals surface area contributed by atoms with E-state index >= 15 is 0 Å². The molecular formula is C26H31F3N4O5. The molecule has 206 valence electrons. The molecule has 0 spiro atoms. The second-order valence-corrected chi connectivity index (χ2v) is 9.26. The number of ether oxygens (including phenoxy) is 1. The van der Waals surface area contributed by atoms with Gasteiger partial charge in [0, 0.05) is 45.9 Å². The molecule has 4 rings (SSSR count). The maximum atomic E-state index is 12.2. The summed E-state index contributed by atoms with van der Waals surface area (Å²) in [5.41, 5.74) is 4.01. The van der Waals surface area contributed by atoms with Gasteiger partial charge in [-0.2, -0.15) is 13.2 Å². The van der Waals surface area contributed by atoms with Gasteiger partial charge in [0.1, 0.15) is 11.3 Å². The van der Waals surface area contributed by atoms with E-state index in [2.05, 4.69) is 51.8 Å². The zero-order chi connectivity index (χ0) is 28.0. The van der Waals surface area contributed by atoms with Crippen molar-refractivity contribution in [3.8, 4) is 16.9 Å². The minimum Gasteiger partial charge on any atom is -0.506 e. The van der Waals surface area contributed by atoms with Gasteiger partial charge in [0.05, 0.1) is 18.3 Å². The highest BCUT2D eigenvalue weighted by molar-refractivity contribution is 5.89. The Morgan fingerprint density at radius 1 is 1.16 bits per heavy atom. The number of rotatable bonds is 6. The van der Waals surface area contributed by atoms with Crippen LogP contribution in [0.15, 0.2) is 41.5 Å². The summed E-state index contributed by atoms with van der Waals surface area (Å²) in [4.78, 5) is 32.8. The van der Waals surface area contributed by atoms with Gasteiger partial charge in [-0.15, -0.1) is 0 Å². The van der Waals surface area contributed by atoms with Crippen molar-refractivity contribution in [3.63, 3.8) is 0 Å². The number of carboxylic acids is 1. The van der Waals surface area contributed by atoms with Crippen LogP contribution in [0.25, 0.3) is 22.0 Å². The second kappa shape index (κ2) is 12.4. The number of halogens is 3. The van der Waals surface area contributed by atoms with Crippen molar-refractivity contribution in [2.45, 2.75) is 39.2 Å². The van der Waals surface area contributed by atoms with E-state index in [9.17, 15) is 23.1 Å². The number of aromatic hydroxyl groups is 1. The lowest BCUT2D eigenvalue weighted by atomic mass is 9.96. The Bertz CT molecular complexity index is 1320. The zero-order valence-electron chi connectivity index (χ0n) is 21.4. The van der Waals surface area contributed by atoms with Crippen molar-refractivity contribution < 1.29 is 32.9 Å². The van der Waals surface area contributed by atoms with Crippen LogP contribution in [0.5, 0.6) is 5.75 Å². The van der Waals surface area contributed by atoms with Crippen molar-refractivity contribution in [3.05, 3.63) is 58.1 Å². The molecule has 2 aromatic carbocycles. The second-order valence-electron chi connectivity index (χ2n) is 9.26. The Morgan fingerprint density at radius 2 is 1.82 bits per heavy atom. The van der Waals surface area contributed by atoms with Crippen molar-refractivity contribution in [1.82, 2.24) is 19.8 Å². The van der Waals surface area contributed by atoms with E-state index in [1.807, 2.05) is 0 Å². The van der Waals surface area contributed by atoms with Crippen molar-refractivity contribution >= 4 is 16.9 Å². The molecule has 1 aliphatic rings. The quantitative estimate of drug-likeness (QED) is 0.437. The summed E-state index contributed by atoms with van der Waals surface area (Å²) in [5, 5.41) is 17.9. The number of hydrogen-bond acceptors (Lipinski definition) is 7. The molecule has 0 bridgehead atoms. The molecule has 0 radical (unpaired) electrons. The van der Waals surface area contributed by atoms with Gasteiger partial charge in [-0.3, -0.25) is 14.6 Å². The third-order valence-corrected chi connectivity index (χ3v) is 6.29. The molecule has 0 unspecified atom stereocenters. The lowest BCUT2D eigenvalue weighted by Crippen LogP contribution is -2.48. The molecule has 0 aliphatic carbocycles. The Hall–Kier alpha value is -3.48. The first-order valence-corrected chi connectivity index (χ1v) is 12.0. The molecule has 9 nitrogen and oxygen atoms in total. The maximum Gasteiger partial charge on any atom is 0.490 e. The van der Waals surface area contributed by atoms with Crippen LogP contribution in [-0.2, 0) is 22.7 Å². The molecule has 0 saturated carbocycles. The molecular weight excluding hydrogens is 505 g/mol. The molecule has 1 aliphatic heterocycles. The fourth-order valence-corrected chi connectivity index (χ4v) is 4.31. The maximum absolute atomic E-state index is 12.2. The Morgan fingerprint density at radius 3 is 2.39 bits per heavy atom. The molecule has 12 heteroatoms. The topological polar surface area (TPSA) is 119 Å². The highest BCUT2D eigenvalue weighted by Gasteiger charge is 2.38. The van der Waals surface area contributed by atoms with E-state index < -0.39 is 12.1 Å². The van der Waals surface area contributed by atoms with Crippen molar-refractivity contribution in [1.29, 1.82) is 0 Å². The zero-order valence-corrected chi connectivity index (χ0v) is 21.4. The van der Waals surface area contributed by atoms with E-state index in [1.165, 1.54) is 11.9 Å². The normalized spacial score (nSPS) is 14.9. The number of piperazine rings is 1. The number of benzene rings is 2. The Kier molecular flexibility index (Phi) is 9.47. The van der Waals surface area contributed by atoms with E-state index in [0.29, 0.717) is 23.6 Å². The van der Waals surface area contributed by atoms with Gasteiger partial charge < -0.3 is 19.9 Å². The number of nitrogens with one attached hydrogen (secondary N) is 1. The highest BCUT2D eigenvalue weighted by atomic mass is 19.4. The van der Waals surface area contributed by atoms with Crippen LogP contribution in [0.1, 0.15) is 25.0 Å². The van der Waals surface area contributed by atoms with Gasteiger partial charge in [0.2, 0.25) is 0 Å². The smallest absolute Gasteiger partial charge is 0.490 e. The summed E-state index contributed by atoms with van der Waals surface area (Å²) in [6.45, 7) is 10.2. The number of phenolic OH excluding ortho intramolecular Hbond substituents is 1. The van der Waals surface area contributed by atoms with Crippen LogP contribution < -0.4 is 5.56 Å². The minimum atomic E-state index is -5.08. The van der Waals surface area contributed by atoms with Crippen LogP contribution in [0.3, 0.4) is 0 Å². The van der Waals surface area contributed by atoms with E-state index in [1.54, 1.807) is 19.2 Å². The molecule has 0 amide bonds. The van der Waals surface area contributed by atoms with Gasteiger partial charge in [0.25, 0.3) is 5.56 Å². The summed E-state index contributed by atoms with van der Waals surface area (Å²) in [6, 6.07) is 10.4. The Labute approximate surface area is 217 Å².